The molecule has 12 heteroatoms. The number of alkyl halides is 3. The molecule has 4 rings (SSSR count). The van der Waals surface area contributed by atoms with Gasteiger partial charge in [0.15, 0.2) is 0 Å². The summed E-state index contributed by atoms with van der Waals surface area (Å²) in [7, 11) is 1.63. The van der Waals surface area contributed by atoms with E-state index in [1.165, 1.54) is 12.3 Å². The van der Waals surface area contributed by atoms with Crippen LogP contribution in [0.5, 0.6) is 11.5 Å². The van der Waals surface area contributed by atoms with Crippen molar-refractivity contribution in [2.24, 2.45) is 7.05 Å². The lowest BCUT2D eigenvalue weighted by Crippen LogP contribution is -2.27. The molecule has 2 aromatic carbocycles. The third-order valence-corrected chi connectivity index (χ3v) is 4.99. The van der Waals surface area contributed by atoms with Gasteiger partial charge in [0.2, 0.25) is 5.95 Å². The van der Waals surface area contributed by atoms with Crippen molar-refractivity contribution in [1.82, 2.24) is 19.9 Å². The Morgan fingerprint density at radius 3 is 2.63 bits per heavy atom. The number of ether oxygens (including phenoxy) is 1. The molecule has 1 amide bonds. The van der Waals surface area contributed by atoms with Crippen LogP contribution < -0.4 is 15.4 Å². The minimum atomic E-state index is -4.62. The molecule has 8 nitrogen and oxygen atoms in total. The highest BCUT2D eigenvalue weighted by molar-refractivity contribution is 5.92. The lowest BCUT2D eigenvalue weighted by molar-refractivity contribution is -0.137. The number of amides is 1. The van der Waals surface area contributed by atoms with Gasteiger partial charge in [0, 0.05) is 31.9 Å². The van der Waals surface area contributed by atoms with Crippen LogP contribution in [0, 0.1) is 5.82 Å². The molecule has 0 saturated heterocycles. The fourth-order valence-electron chi connectivity index (χ4n) is 3.27. The number of benzene rings is 2. The Bertz CT molecular complexity index is 1390. The molecule has 0 saturated carbocycles. The molecule has 4 aromatic rings. The van der Waals surface area contributed by atoms with Crippen molar-refractivity contribution in [2.75, 3.05) is 18.5 Å². The third-order valence-electron chi connectivity index (χ3n) is 4.99. The van der Waals surface area contributed by atoms with Gasteiger partial charge in [-0.1, -0.05) is 0 Å². The molecule has 0 fully saturated rings. The number of aliphatic hydroxyl groups excluding tert-OH is 1. The van der Waals surface area contributed by atoms with E-state index in [0.717, 1.165) is 6.07 Å². The number of nitrogens with one attached hydrogen (secondary N) is 2. The van der Waals surface area contributed by atoms with Gasteiger partial charge < -0.3 is 25.0 Å². The summed E-state index contributed by atoms with van der Waals surface area (Å²) in [6.45, 7) is -0.119. The quantitative estimate of drug-likeness (QED) is 0.333. The molecule has 0 spiro atoms. The number of pyridine rings is 1. The van der Waals surface area contributed by atoms with Crippen molar-refractivity contribution in [3.05, 3.63) is 71.8 Å². The van der Waals surface area contributed by atoms with Crippen molar-refractivity contribution in [3.8, 4) is 11.5 Å². The van der Waals surface area contributed by atoms with E-state index in [2.05, 4.69) is 20.6 Å². The van der Waals surface area contributed by atoms with E-state index in [9.17, 15) is 22.4 Å². The number of halogens is 4. The molecule has 0 aliphatic heterocycles. The molecule has 0 radical (unpaired) electrons. The highest BCUT2D eigenvalue weighted by atomic mass is 19.4. The van der Waals surface area contributed by atoms with Gasteiger partial charge >= 0.3 is 6.18 Å². The van der Waals surface area contributed by atoms with Gasteiger partial charge in [-0.2, -0.15) is 13.2 Å². The highest BCUT2D eigenvalue weighted by Crippen LogP contribution is 2.33. The molecule has 0 unspecified atom stereocenters. The summed E-state index contributed by atoms with van der Waals surface area (Å²) in [5.74, 6) is -0.496. The van der Waals surface area contributed by atoms with Gasteiger partial charge in [-0.25, -0.2) is 9.37 Å². The molecule has 0 atom stereocenters. The predicted molar refractivity (Wildman–Crippen MR) is 119 cm³/mol. The molecule has 0 aliphatic rings. The van der Waals surface area contributed by atoms with E-state index in [1.54, 1.807) is 35.9 Å². The molecule has 3 N–H and O–H groups in total. The van der Waals surface area contributed by atoms with E-state index < -0.39 is 23.5 Å². The molecule has 35 heavy (non-hydrogen) atoms. The van der Waals surface area contributed by atoms with E-state index in [-0.39, 0.29) is 30.5 Å². The normalized spacial score (nSPS) is 11.5. The first-order chi connectivity index (χ1) is 16.7. The summed E-state index contributed by atoms with van der Waals surface area (Å²) in [5.41, 5.74) is -0.193. The zero-order valence-corrected chi connectivity index (χ0v) is 18.2. The van der Waals surface area contributed by atoms with E-state index in [4.69, 9.17) is 9.84 Å². The molecule has 2 aromatic heterocycles. The Labute approximate surface area is 196 Å². The van der Waals surface area contributed by atoms with Gasteiger partial charge in [-0.3, -0.25) is 9.78 Å². The maximum Gasteiger partial charge on any atom is 0.416 e. The molecule has 0 bridgehead atoms. The number of imidazole rings is 1. The first kappa shape index (κ1) is 24.0. The number of carbonyl (C=O) groups is 1. The minimum absolute atomic E-state index is 0.0860. The van der Waals surface area contributed by atoms with Gasteiger partial charge in [-0.15, -0.1) is 0 Å². The number of fused-ring (bicyclic) bond motifs is 1. The first-order valence-electron chi connectivity index (χ1n) is 10.3. The predicted octanol–water partition coefficient (Wildman–Crippen LogP) is 4.38. The van der Waals surface area contributed by atoms with Crippen LogP contribution in [0.25, 0.3) is 11.0 Å². The summed E-state index contributed by atoms with van der Waals surface area (Å²) in [6, 6.07) is 9.99. The van der Waals surface area contributed by atoms with E-state index in [1.807, 2.05) is 0 Å². The first-order valence-corrected chi connectivity index (χ1v) is 10.3. The summed E-state index contributed by atoms with van der Waals surface area (Å²) < 4.78 is 60.6. The van der Waals surface area contributed by atoms with Crippen LogP contribution >= 0.6 is 0 Å². The zero-order chi connectivity index (χ0) is 25.2. The maximum absolute atomic E-state index is 14.2. The third kappa shape index (κ3) is 5.32. The maximum atomic E-state index is 14.2. The average molecular weight is 489 g/mol. The molecule has 2 heterocycles. The van der Waals surface area contributed by atoms with Crippen LogP contribution in [0.15, 0.2) is 54.7 Å². The number of nitrogens with zero attached hydrogens (tertiary/aromatic N) is 3. The Morgan fingerprint density at radius 2 is 1.89 bits per heavy atom. The second-order valence-electron chi connectivity index (χ2n) is 7.42. The monoisotopic (exact) mass is 489 g/mol. The van der Waals surface area contributed by atoms with Crippen LogP contribution in [0.1, 0.15) is 16.1 Å². The standard InChI is InChI=1S/C23H19F4N5O3/c1-32-20-5-3-14(35-15-6-7-28-19(12-15)21(34)29-8-9-33)11-18(20)31-22(32)30-17-10-13(23(25,26)27)2-4-16(17)24/h2-7,10-12,33H,8-9H2,1H3,(H,29,34)(H,30,31). The van der Waals surface area contributed by atoms with Crippen molar-refractivity contribution in [2.45, 2.75) is 6.18 Å². The van der Waals surface area contributed by atoms with E-state index in [0.29, 0.717) is 34.7 Å². The van der Waals surface area contributed by atoms with Crippen LogP contribution in [0.3, 0.4) is 0 Å². The Kier molecular flexibility index (Phi) is 6.56. The Balaban J connectivity index is 1.58. The van der Waals surface area contributed by atoms with Crippen molar-refractivity contribution >= 4 is 28.6 Å². The van der Waals surface area contributed by atoms with Crippen LogP contribution in [-0.4, -0.2) is 38.7 Å². The van der Waals surface area contributed by atoms with Crippen LogP contribution in [0.4, 0.5) is 29.2 Å². The van der Waals surface area contributed by atoms with Gasteiger partial charge in [0.1, 0.15) is 23.0 Å². The number of hydrogen-bond acceptors (Lipinski definition) is 6. The number of hydrogen-bond donors (Lipinski definition) is 3. The second-order valence-corrected chi connectivity index (χ2v) is 7.42. The number of carbonyl (C=O) groups excluding carboxylic acids is 1. The Hall–Kier alpha value is -4.19. The summed E-state index contributed by atoms with van der Waals surface area (Å²) in [6.07, 6.45) is -3.22. The van der Waals surface area contributed by atoms with Crippen LogP contribution in [-0.2, 0) is 13.2 Å². The summed E-state index contributed by atoms with van der Waals surface area (Å²) in [5, 5.41) is 13.9. The summed E-state index contributed by atoms with van der Waals surface area (Å²) >= 11 is 0. The number of rotatable bonds is 7. The minimum Gasteiger partial charge on any atom is -0.457 e. The number of aliphatic hydroxyl groups is 1. The zero-order valence-electron chi connectivity index (χ0n) is 18.2. The topological polar surface area (TPSA) is 101 Å². The molecule has 0 aliphatic carbocycles. The fraction of sp³-hybridized carbons (Fsp3) is 0.174. The van der Waals surface area contributed by atoms with Gasteiger partial charge in [-0.05, 0) is 36.4 Å². The van der Waals surface area contributed by atoms with Crippen molar-refractivity contribution < 1.29 is 32.2 Å². The number of aryl methyl sites for hydroxylation is 1. The molecular formula is C23H19F4N5O3. The SMILES string of the molecule is Cn1c(Nc2cc(C(F)(F)F)ccc2F)nc2cc(Oc3ccnc(C(=O)NCCO)c3)ccc21. The lowest BCUT2D eigenvalue weighted by Gasteiger charge is -2.11. The second kappa shape index (κ2) is 9.58. The van der Waals surface area contributed by atoms with Crippen molar-refractivity contribution in [3.63, 3.8) is 0 Å². The average Bonchev–Trinajstić information content (AvgIpc) is 3.12. The van der Waals surface area contributed by atoms with Gasteiger partial charge in [0.05, 0.1) is 28.9 Å². The van der Waals surface area contributed by atoms with E-state index >= 15 is 0 Å². The number of anilines is 2. The smallest absolute Gasteiger partial charge is 0.416 e. The fourth-order valence-corrected chi connectivity index (χ4v) is 3.27. The van der Waals surface area contributed by atoms with Gasteiger partial charge in [0.25, 0.3) is 5.91 Å². The summed E-state index contributed by atoms with van der Waals surface area (Å²) in [4.78, 5) is 20.3. The Morgan fingerprint density at radius 1 is 1.11 bits per heavy atom. The highest BCUT2D eigenvalue weighted by Gasteiger charge is 2.31. The number of aromatic nitrogens is 3. The van der Waals surface area contributed by atoms with Crippen molar-refractivity contribution in [1.29, 1.82) is 0 Å². The largest absolute Gasteiger partial charge is 0.457 e. The van der Waals surface area contributed by atoms with Crippen LogP contribution in [0.2, 0.25) is 0 Å². The molecule has 182 valence electrons. The molecular weight excluding hydrogens is 470 g/mol. The lowest BCUT2D eigenvalue weighted by atomic mass is 10.2.